The Balaban J connectivity index is 1.86. The lowest BCUT2D eigenvalue weighted by atomic mass is 9.87. The minimum Gasteiger partial charge on any atom is -0.326 e. The highest BCUT2D eigenvalue weighted by atomic mass is 32.2. The van der Waals surface area contributed by atoms with Gasteiger partial charge in [0.05, 0.1) is 4.90 Å². The van der Waals surface area contributed by atoms with E-state index in [0.29, 0.717) is 23.9 Å². The van der Waals surface area contributed by atoms with Crippen LogP contribution in [0.2, 0.25) is 0 Å². The summed E-state index contributed by atoms with van der Waals surface area (Å²) in [5.74, 6) is 0.686. The van der Waals surface area contributed by atoms with E-state index in [4.69, 9.17) is 5.73 Å². The molecule has 1 aliphatic rings. The molecule has 1 aromatic rings. The van der Waals surface area contributed by atoms with Crippen molar-refractivity contribution in [1.29, 1.82) is 0 Å². The van der Waals surface area contributed by atoms with Gasteiger partial charge in [-0.1, -0.05) is 44.2 Å². The lowest BCUT2D eigenvalue weighted by Gasteiger charge is -2.21. The van der Waals surface area contributed by atoms with E-state index in [1.807, 2.05) is 0 Å². The van der Waals surface area contributed by atoms with Gasteiger partial charge in [0.15, 0.2) is 0 Å². The standard InChI is InChI=1S/C15H24N2O2S/c16-12-14-6-8-15(9-7-14)20(18,19)17-11-10-13-4-2-1-3-5-13/h6-9,13,17H,1-5,10-12,16H2. The van der Waals surface area contributed by atoms with Crippen LogP contribution in [0.3, 0.4) is 0 Å². The van der Waals surface area contributed by atoms with Crippen molar-refractivity contribution in [2.45, 2.75) is 50.0 Å². The molecule has 0 spiro atoms. The van der Waals surface area contributed by atoms with Gasteiger partial charge in [0.1, 0.15) is 0 Å². The largest absolute Gasteiger partial charge is 0.326 e. The molecule has 112 valence electrons. The van der Waals surface area contributed by atoms with Crippen molar-refractivity contribution in [3.05, 3.63) is 29.8 Å². The molecule has 0 atom stereocenters. The van der Waals surface area contributed by atoms with E-state index in [0.717, 1.165) is 12.0 Å². The predicted octanol–water partition coefficient (Wildman–Crippen LogP) is 2.39. The van der Waals surface area contributed by atoms with Crippen LogP contribution in [0.1, 0.15) is 44.1 Å². The summed E-state index contributed by atoms with van der Waals surface area (Å²) in [5.41, 5.74) is 6.44. The summed E-state index contributed by atoms with van der Waals surface area (Å²) in [6, 6.07) is 6.75. The minimum atomic E-state index is -3.38. The Morgan fingerprint density at radius 1 is 1.10 bits per heavy atom. The number of sulfonamides is 1. The van der Waals surface area contributed by atoms with E-state index in [9.17, 15) is 8.42 Å². The van der Waals surface area contributed by atoms with Gasteiger partial charge in [-0.3, -0.25) is 0 Å². The van der Waals surface area contributed by atoms with Gasteiger partial charge >= 0.3 is 0 Å². The summed E-state index contributed by atoms with van der Waals surface area (Å²) >= 11 is 0. The minimum absolute atomic E-state index is 0.318. The third kappa shape index (κ3) is 4.30. The molecule has 1 fully saturated rings. The van der Waals surface area contributed by atoms with Gasteiger partial charge < -0.3 is 5.73 Å². The van der Waals surface area contributed by atoms with Crippen molar-refractivity contribution < 1.29 is 8.42 Å². The second-order valence-electron chi connectivity index (χ2n) is 5.54. The number of hydrogen-bond acceptors (Lipinski definition) is 3. The molecule has 0 heterocycles. The van der Waals surface area contributed by atoms with Gasteiger partial charge in [-0.15, -0.1) is 0 Å². The summed E-state index contributed by atoms with van der Waals surface area (Å²) in [6.45, 7) is 0.959. The van der Waals surface area contributed by atoms with Crippen LogP contribution in [0.4, 0.5) is 0 Å². The fourth-order valence-corrected chi connectivity index (χ4v) is 3.81. The SMILES string of the molecule is NCc1ccc(S(=O)(=O)NCCC2CCCCC2)cc1. The van der Waals surface area contributed by atoms with Crippen molar-refractivity contribution in [3.8, 4) is 0 Å². The Hall–Kier alpha value is -0.910. The lowest BCUT2D eigenvalue weighted by molar-refractivity contribution is 0.339. The molecule has 1 saturated carbocycles. The topological polar surface area (TPSA) is 72.2 Å². The van der Waals surface area contributed by atoms with Gasteiger partial charge in [-0.05, 0) is 30.0 Å². The predicted molar refractivity (Wildman–Crippen MR) is 80.7 cm³/mol. The molecule has 1 aromatic carbocycles. The molecule has 0 radical (unpaired) electrons. The molecule has 4 nitrogen and oxygen atoms in total. The van der Waals surface area contributed by atoms with Crippen molar-refractivity contribution in [3.63, 3.8) is 0 Å². The molecular weight excluding hydrogens is 272 g/mol. The van der Waals surface area contributed by atoms with E-state index < -0.39 is 10.0 Å². The highest BCUT2D eigenvalue weighted by molar-refractivity contribution is 7.89. The average molecular weight is 296 g/mol. The summed E-state index contributed by atoms with van der Waals surface area (Å²) in [6.07, 6.45) is 7.34. The van der Waals surface area contributed by atoms with Gasteiger partial charge in [0.25, 0.3) is 0 Å². The molecule has 5 heteroatoms. The molecule has 3 N–H and O–H groups in total. The van der Waals surface area contributed by atoms with Crippen molar-refractivity contribution >= 4 is 10.0 Å². The zero-order valence-corrected chi connectivity index (χ0v) is 12.7. The highest BCUT2D eigenvalue weighted by Gasteiger charge is 2.16. The summed E-state index contributed by atoms with van der Waals surface area (Å²) in [7, 11) is -3.38. The third-order valence-corrected chi connectivity index (χ3v) is 5.52. The first-order valence-corrected chi connectivity index (χ1v) is 8.89. The van der Waals surface area contributed by atoms with Crippen LogP contribution in [0.5, 0.6) is 0 Å². The van der Waals surface area contributed by atoms with Crippen LogP contribution < -0.4 is 10.5 Å². The molecule has 2 rings (SSSR count). The molecule has 1 aliphatic carbocycles. The van der Waals surface area contributed by atoms with Crippen molar-refractivity contribution in [2.75, 3.05) is 6.54 Å². The molecule has 20 heavy (non-hydrogen) atoms. The molecule has 0 aromatic heterocycles. The second-order valence-corrected chi connectivity index (χ2v) is 7.31. The lowest BCUT2D eigenvalue weighted by Crippen LogP contribution is -2.26. The number of nitrogens with one attached hydrogen (secondary N) is 1. The Labute approximate surface area is 121 Å². The Morgan fingerprint density at radius 2 is 1.75 bits per heavy atom. The van der Waals surface area contributed by atoms with Crippen molar-refractivity contribution in [2.24, 2.45) is 11.7 Å². The van der Waals surface area contributed by atoms with Gasteiger partial charge in [-0.25, -0.2) is 13.1 Å². The highest BCUT2D eigenvalue weighted by Crippen LogP contribution is 2.25. The van der Waals surface area contributed by atoms with Crippen LogP contribution in [0.25, 0.3) is 0 Å². The fourth-order valence-electron chi connectivity index (χ4n) is 2.76. The third-order valence-electron chi connectivity index (χ3n) is 4.04. The maximum atomic E-state index is 12.1. The monoisotopic (exact) mass is 296 g/mol. The summed E-state index contributed by atoms with van der Waals surface area (Å²) < 4.78 is 27.0. The normalized spacial score (nSPS) is 17.2. The number of rotatable bonds is 6. The first-order chi connectivity index (χ1) is 9.62. The molecule has 0 bridgehead atoms. The smallest absolute Gasteiger partial charge is 0.240 e. The van der Waals surface area contributed by atoms with E-state index >= 15 is 0 Å². The first-order valence-electron chi connectivity index (χ1n) is 7.40. The van der Waals surface area contributed by atoms with Crippen LogP contribution in [0.15, 0.2) is 29.2 Å². The Bertz CT molecular complexity index is 505. The van der Waals surface area contributed by atoms with Crippen LogP contribution >= 0.6 is 0 Å². The van der Waals surface area contributed by atoms with E-state index in [2.05, 4.69) is 4.72 Å². The van der Waals surface area contributed by atoms with Crippen LogP contribution in [-0.4, -0.2) is 15.0 Å². The van der Waals surface area contributed by atoms with E-state index in [-0.39, 0.29) is 0 Å². The van der Waals surface area contributed by atoms with Gasteiger partial charge in [-0.2, -0.15) is 0 Å². The maximum absolute atomic E-state index is 12.1. The second kappa shape index (κ2) is 7.20. The van der Waals surface area contributed by atoms with Crippen LogP contribution in [0, 0.1) is 5.92 Å². The van der Waals surface area contributed by atoms with Gasteiger partial charge in [0.2, 0.25) is 10.0 Å². The van der Waals surface area contributed by atoms with Crippen LogP contribution in [-0.2, 0) is 16.6 Å². The molecule has 0 saturated heterocycles. The molecule has 0 unspecified atom stereocenters. The quantitative estimate of drug-likeness (QED) is 0.846. The van der Waals surface area contributed by atoms with Gasteiger partial charge in [0, 0.05) is 13.1 Å². The maximum Gasteiger partial charge on any atom is 0.240 e. The molecule has 0 aliphatic heterocycles. The Morgan fingerprint density at radius 3 is 2.35 bits per heavy atom. The summed E-state index contributed by atoms with van der Waals surface area (Å²) in [5, 5.41) is 0. The van der Waals surface area contributed by atoms with Crippen molar-refractivity contribution in [1.82, 2.24) is 4.72 Å². The van der Waals surface area contributed by atoms with E-state index in [1.165, 1.54) is 32.1 Å². The summed E-state index contributed by atoms with van der Waals surface area (Å²) in [4.78, 5) is 0.318. The first kappa shape index (κ1) is 15.5. The Kier molecular flexibility index (Phi) is 5.57. The zero-order valence-electron chi connectivity index (χ0n) is 11.8. The number of benzene rings is 1. The number of nitrogens with two attached hydrogens (primary N) is 1. The number of hydrogen-bond donors (Lipinski definition) is 2. The average Bonchev–Trinajstić information content (AvgIpc) is 2.48. The molecule has 0 amide bonds. The fraction of sp³-hybridized carbons (Fsp3) is 0.600. The van der Waals surface area contributed by atoms with E-state index in [1.54, 1.807) is 24.3 Å². The molecular formula is C15H24N2O2S. The zero-order chi connectivity index (χ0) is 14.4.